The van der Waals surface area contributed by atoms with Crippen molar-refractivity contribution in [2.45, 2.75) is 31.7 Å². The van der Waals surface area contributed by atoms with Gasteiger partial charge in [-0.05, 0) is 47.2 Å². The van der Waals surface area contributed by atoms with Crippen molar-refractivity contribution in [2.24, 2.45) is 0 Å². The molecular weight excluding hydrogens is 523 g/mol. The van der Waals surface area contributed by atoms with Crippen molar-refractivity contribution in [1.82, 2.24) is 10.2 Å². The number of carboxylic acids is 1. The van der Waals surface area contributed by atoms with Gasteiger partial charge in [-0.1, -0.05) is 89.9 Å². The lowest BCUT2D eigenvalue weighted by Crippen LogP contribution is -2.42. The summed E-state index contributed by atoms with van der Waals surface area (Å²) in [7, 11) is 0. The fourth-order valence-electron chi connectivity index (χ4n) is 4.45. The van der Waals surface area contributed by atoms with Crippen molar-refractivity contribution in [3.05, 3.63) is 111 Å². The van der Waals surface area contributed by atoms with E-state index in [1.54, 1.807) is 6.07 Å². The SMILES string of the molecule is O=C(NC(Cc1ccc(C2=CCN(C(=O)CCc3ccccc3)CC2)cc1)C(=O)O)c1c(Cl)cccc1Cl. The molecule has 1 heterocycles. The average molecular weight is 551 g/mol. The third-order valence-electron chi connectivity index (χ3n) is 6.59. The summed E-state index contributed by atoms with van der Waals surface area (Å²) in [5.74, 6) is -1.64. The zero-order valence-electron chi connectivity index (χ0n) is 20.7. The number of aliphatic carboxylic acids is 1. The molecule has 0 aliphatic carbocycles. The second-order valence-corrected chi connectivity index (χ2v) is 9.98. The van der Waals surface area contributed by atoms with Gasteiger partial charge < -0.3 is 15.3 Å². The van der Waals surface area contributed by atoms with Gasteiger partial charge in [-0.15, -0.1) is 0 Å². The van der Waals surface area contributed by atoms with E-state index in [-0.39, 0.29) is 27.9 Å². The summed E-state index contributed by atoms with van der Waals surface area (Å²) in [6.07, 6.45) is 4.16. The first-order chi connectivity index (χ1) is 18.3. The first-order valence-electron chi connectivity index (χ1n) is 12.4. The van der Waals surface area contributed by atoms with Crippen LogP contribution in [-0.2, 0) is 22.4 Å². The first-order valence-corrected chi connectivity index (χ1v) is 13.1. The number of benzene rings is 3. The molecule has 1 unspecified atom stereocenters. The van der Waals surface area contributed by atoms with Crippen LogP contribution in [0, 0.1) is 0 Å². The minimum Gasteiger partial charge on any atom is -0.480 e. The van der Waals surface area contributed by atoms with E-state index >= 15 is 0 Å². The summed E-state index contributed by atoms with van der Waals surface area (Å²) in [6.45, 7) is 1.24. The second kappa shape index (κ2) is 12.8. The number of amides is 2. The maximum atomic E-state index is 12.7. The van der Waals surface area contributed by atoms with Crippen molar-refractivity contribution in [3.8, 4) is 0 Å². The van der Waals surface area contributed by atoms with Crippen LogP contribution < -0.4 is 5.32 Å². The Morgan fingerprint density at radius 2 is 1.58 bits per heavy atom. The highest BCUT2D eigenvalue weighted by Gasteiger charge is 2.24. The molecule has 0 radical (unpaired) electrons. The number of hydrogen-bond acceptors (Lipinski definition) is 3. The van der Waals surface area contributed by atoms with Gasteiger partial charge in [-0.2, -0.15) is 0 Å². The predicted octanol–water partition coefficient (Wildman–Crippen LogP) is 5.67. The number of nitrogens with one attached hydrogen (secondary N) is 1. The third-order valence-corrected chi connectivity index (χ3v) is 7.22. The van der Waals surface area contributed by atoms with Gasteiger partial charge in [0.25, 0.3) is 5.91 Å². The summed E-state index contributed by atoms with van der Waals surface area (Å²) in [4.78, 5) is 39.0. The Kier molecular flexibility index (Phi) is 9.21. The quantitative estimate of drug-likeness (QED) is 0.359. The van der Waals surface area contributed by atoms with Gasteiger partial charge in [-0.25, -0.2) is 4.79 Å². The maximum absolute atomic E-state index is 12.7. The summed E-state index contributed by atoms with van der Waals surface area (Å²) in [5.41, 5.74) is 4.16. The normalized spacial score (nSPS) is 13.9. The summed E-state index contributed by atoms with van der Waals surface area (Å²) < 4.78 is 0. The van der Waals surface area contributed by atoms with Crippen LogP contribution in [0.15, 0.2) is 78.9 Å². The van der Waals surface area contributed by atoms with E-state index in [2.05, 4.69) is 11.4 Å². The van der Waals surface area contributed by atoms with E-state index in [0.29, 0.717) is 19.5 Å². The Morgan fingerprint density at radius 3 is 2.18 bits per heavy atom. The molecule has 0 saturated carbocycles. The molecule has 3 aromatic carbocycles. The first kappa shape index (κ1) is 27.4. The lowest BCUT2D eigenvalue weighted by atomic mass is 9.96. The van der Waals surface area contributed by atoms with Crippen LogP contribution in [-0.4, -0.2) is 46.9 Å². The largest absolute Gasteiger partial charge is 0.480 e. The fraction of sp³-hybridized carbons (Fsp3) is 0.233. The van der Waals surface area contributed by atoms with Crippen molar-refractivity contribution in [2.75, 3.05) is 13.1 Å². The van der Waals surface area contributed by atoms with Gasteiger partial charge in [-0.3, -0.25) is 9.59 Å². The van der Waals surface area contributed by atoms with Crippen LogP contribution in [0.4, 0.5) is 0 Å². The molecule has 4 rings (SSSR count). The minimum atomic E-state index is -1.15. The molecule has 0 bridgehead atoms. The van der Waals surface area contributed by atoms with E-state index in [1.807, 2.05) is 59.5 Å². The highest BCUT2D eigenvalue weighted by atomic mass is 35.5. The Balaban J connectivity index is 1.33. The molecule has 2 amide bonds. The average Bonchev–Trinajstić information content (AvgIpc) is 2.92. The van der Waals surface area contributed by atoms with Gasteiger partial charge in [0.05, 0.1) is 15.6 Å². The van der Waals surface area contributed by atoms with Gasteiger partial charge in [0.15, 0.2) is 0 Å². The Labute approximate surface area is 231 Å². The number of rotatable bonds is 9. The number of carbonyl (C=O) groups excluding carboxylic acids is 2. The molecule has 6 nitrogen and oxygen atoms in total. The van der Waals surface area contributed by atoms with Crippen LogP contribution in [0.25, 0.3) is 5.57 Å². The summed E-state index contributed by atoms with van der Waals surface area (Å²) >= 11 is 12.2. The van der Waals surface area contributed by atoms with Crippen molar-refractivity contribution in [3.63, 3.8) is 0 Å². The number of halogens is 2. The highest BCUT2D eigenvalue weighted by molar-refractivity contribution is 6.39. The van der Waals surface area contributed by atoms with Gasteiger partial charge >= 0.3 is 5.97 Å². The zero-order valence-corrected chi connectivity index (χ0v) is 22.2. The highest BCUT2D eigenvalue weighted by Crippen LogP contribution is 2.25. The number of aryl methyl sites for hydroxylation is 1. The molecule has 0 fully saturated rings. The molecule has 1 aliphatic rings. The van der Waals surface area contributed by atoms with Crippen LogP contribution >= 0.6 is 23.2 Å². The standard InChI is InChI=1S/C30H28Cl2N2O4/c31-24-7-4-8-25(32)28(24)29(36)33-26(30(37)38)19-21-9-12-22(13-10-21)23-15-17-34(18-16-23)27(35)14-11-20-5-2-1-3-6-20/h1-10,12-13,15,26H,11,14,16-19H2,(H,33,36)(H,37,38). The molecule has 1 atom stereocenters. The van der Waals surface area contributed by atoms with E-state index in [9.17, 15) is 19.5 Å². The van der Waals surface area contributed by atoms with Gasteiger partial charge in [0.1, 0.15) is 6.04 Å². The number of hydrogen-bond donors (Lipinski definition) is 2. The molecule has 8 heteroatoms. The number of carbonyl (C=O) groups is 3. The molecule has 3 aromatic rings. The van der Waals surface area contributed by atoms with Crippen LogP contribution in [0.3, 0.4) is 0 Å². The molecule has 196 valence electrons. The monoisotopic (exact) mass is 550 g/mol. The number of carboxylic acid groups (broad SMARTS) is 1. The van der Waals surface area contributed by atoms with Crippen LogP contribution in [0.2, 0.25) is 10.0 Å². The van der Waals surface area contributed by atoms with E-state index in [4.69, 9.17) is 23.2 Å². The zero-order chi connectivity index (χ0) is 27.1. The molecular formula is C30H28Cl2N2O4. The van der Waals surface area contributed by atoms with Crippen LogP contribution in [0.5, 0.6) is 0 Å². The van der Waals surface area contributed by atoms with Crippen molar-refractivity contribution in [1.29, 1.82) is 0 Å². The topological polar surface area (TPSA) is 86.7 Å². The lowest BCUT2D eigenvalue weighted by molar-refractivity contribution is -0.139. The third kappa shape index (κ3) is 7.03. The molecule has 1 aliphatic heterocycles. The molecule has 0 aromatic heterocycles. The van der Waals surface area contributed by atoms with Crippen LogP contribution in [0.1, 0.15) is 39.9 Å². The molecule has 38 heavy (non-hydrogen) atoms. The van der Waals surface area contributed by atoms with Crippen molar-refractivity contribution >= 4 is 46.6 Å². The van der Waals surface area contributed by atoms with Crippen molar-refractivity contribution < 1.29 is 19.5 Å². The van der Waals surface area contributed by atoms with E-state index < -0.39 is 17.9 Å². The molecule has 0 spiro atoms. The Bertz CT molecular complexity index is 1320. The lowest BCUT2D eigenvalue weighted by Gasteiger charge is -2.27. The van der Waals surface area contributed by atoms with Gasteiger partial charge in [0.2, 0.25) is 5.91 Å². The number of nitrogens with zero attached hydrogens (tertiary/aromatic N) is 1. The summed E-state index contributed by atoms with van der Waals surface area (Å²) in [6, 6.07) is 21.1. The van der Waals surface area contributed by atoms with Gasteiger partial charge in [0, 0.05) is 25.9 Å². The smallest absolute Gasteiger partial charge is 0.326 e. The van der Waals surface area contributed by atoms with E-state index in [0.717, 1.165) is 35.1 Å². The molecule has 2 N–H and O–H groups in total. The molecule has 0 saturated heterocycles. The summed E-state index contributed by atoms with van der Waals surface area (Å²) in [5, 5.41) is 12.5. The predicted molar refractivity (Wildman–Crippen MR) is 149 cm³/mol. The maximum Gasteiger partial charge on any atom is 0.326 e. The minimum absolute atomic E-state index is 0.0502. The Morgan fingerprint density at radius 1 is 0.895 bits per heavy atom. The Hall–Kier alpha value is -3.61. The fourth-order valence-corrected chi connectivity index (χ4v) is 5.02. The van der Waals surface area contributed by atoms with E-state index in [1.165, 1.54) is 12.1 Å². The second-order valence-electron chi connectivity index (χ2n) is 9.17.